The molecule has 1 heterocycles. The summed E-state index contributed by atoms with van der Waals surface area (Å²) in [7, 11) is 0. The zero-order valence-corrected chi connectivity index (χ0v) is 35.6. The molecule has 298 valence electrons. The SMILES string of the molecule is CC1(C)c2ccccc2Oc2ccc(-c3ccc(N(c4ccc(-c5cccc(-c6ccccc6)c5)cc4)c4ccc(-c5ccc6c(c5)C(C)(C)c5ccccc5-6)cc4)cc3)cc21. The molecule has 2 nitrogen and oxygen atoms in total. The summed E-state index contributed by atoms with van der Waals surface area (Å²) >= 11 is 0. The summed E-state index contributed by atoms with van der Waals surface area (Å²) in [5.41, 5.74) is 20.5. The van der Waals surface area contributed by atoms with Gasteiger partial charge in [-0.25, -0.2) is 0 Å². The van der Waals surface area contributed by atoms with Gasteiger partial charge in [0, 0.05) is 39.0 Å². The molecule has 0 bridgehead atoms. The van der Waals surface area contributed by atoms with E-state index < -0.39 is 0 Å². The van der Waals surface area contributed by atoms with E-state index in [2.05, 4.69) is 239 Å². The first-order valence-electron chi connectivity index (χ1n) is 21.7. The van der Waals surface area contributed by atoms with Gasteiger partial charge in [0.05, 0.1) is 0 Å². The number of benzene rings is 9. The van der Waals surface area contributed by atoms with Gasteiger partial charge in [0.15, 0.2) is 0 Å². The molecule has 0 N–H and O–H groups in total. The molecule has 1 aliphatic heterocycles. The highest BCUT2D eigenvalue weighted by molar-refractivity contribution is 5.85. The van der Waals surface area contributed by atoms with E-state index in [4.69, 9.17) is 4.74 Å². The van der Waals surface area contributed by atoms with Gasteiger partial charge in [-0.15, -0.1) is 0 Å². The van der Waals surface area contributed by atoms with Crippen LogP contribution < -0.4 is 9.64 Å². The third-order valence-corrected chi connectivity index (χ3v) is 13.4. The highest BCUT2D eigenvalue weighted by atomic mass is 16.5. The Hall–Kier alpha value is -7.42. The topological polar surface area (TPSA) is 12.5 Å². The van der Waals surface area contributed by atoms with Crippen molar-refractivity contribution in [3.05, 3.63) is 235 Å². The van der Waals surface area contributed by atoms with Gasteiger partial charge >= 0.3 is 0 Å². The molecule has 0 aromatic heterocycles. The third-order valence-electron chi connectivity index (χ3n) is 13.4. The summed E-state index contributed by atoms with van der Waals surface area (Å²) < 4.78 is 6.39. The molecule has 2 aliphatic rings. The number of fused-ring (bicyclic) bond motifs is 5. The second-order valence-electron chi connectivity index (χ2n) is 17.8. The lowest BCUT2D eigenvalue weighted by atomic mass is 9.75. The molecule has 11 rings (SSSR count). The Morgan fingerprint density at radius 1 is 0.290 bits per heavy atom. The molecule has 0 radical (unpaired) electrons. The van der Waals surface area contributed by atoms with Crippen molar-refractivity contribution in [3.63, 3.8) is 0 Å². The Morgan fingerprint density at radius 2 is 0.694 bits per heavy atom. The molecule has 0 saturated carbocycles. The van der Waals surface area contributed by atoms with Crippen LogP contribution in [-0.4, -0.2) is 0 Å². The first kappa shape index (κ1) is 37.6. The summed E-state index contributed by atoms with van der Waals surface area (Å²) in [5, 5.41) is 0. The lowest BCUT2D eigenvalue weighted by Gasteiger charge is -2.34. The van der Waals surface area contributed by atoms with Gasteiger partial charge in [0.25, 0.3) is 0 Å². The van der Waals surface area contributed by atoms with Gasteiger partial charge in [-0.1, -0.05) is 173 Å². The van der Waals surface area contributed by atoms with E-state index in [0.29, 0.717) is 0 Å². The summed E-state index contributed by atoms with van der Waals surface area (Å²) in [4.78, 5) is 2.36. The van der Waals surface area contributed by atoms with Crippen molar-refractivity contribution in [2.45, 2.75) is 38.5 Å². The maximum Gasteiger partial charge on any atom is 0.131 e. The van der Waals surface area contributed by atoms with Crippen molar-refractivity contribution >= 4 is 17.1 Å². The molecule has 0 saturated heterocycles. The predicted octanol–water partition coefficient (Wildman–Crippen LogP) is 16.6. The van der Waals surface area contributed by atoms with Crippen molar-refractivity contribution in [2.75, 3.05) is 4.90 Å². The Bertz CT molecular complexity index is 3120. The quantitative estimate of drug-likeness (QED) is 0.159. The van der Waals surface area contributed by atoms with Gasteiger partial charge in [-0.3, -0.25) is 0 Å². The first-order chi connectivity index (χ1) is 30.2. The normalized spacial score (nSPS) is 13.9. The van der Waals surface area contributed by atoms with Gasteiger partial charge in [0.2, 0.25) is 0 Å². The Labute approximate surface area is 365 Å². The average molecular weight is 798 g/mol. The van der Waals surface area contributed by atoms with Crippen molar-refractivity contribution in [1.29, 1.82) is 0 Å². The van der Waals surface area contributed by atoms with E-state index in [1.807, 2.05) is 6.07 Å². The monoisotopic (exact) mass is 797 g/mol. The van der Waals surface area contributed by atoms with Gasteiger partial charge < -0.3 is 9.64 Å². The first-order valence-corrected chi connectivity index (χ1v) is 21.7. The zero-order valence-electron chi connectivity index (χ0n) is 35.6. The van der Waals surface area contributed by atoms with E-state index in [-0.39, 0.29) is 10.8 Å². The largest absolute Gasteiger partial charge is 0.457 e. The van der Waals surface area contributed by atoms with Gasteiger partial charge in [0.1, 0.15) is 11.5 Å². The number of ether oxygens (including phenoxy) is 1. The summed E-state index contributed by atoms with van der Waals surface area (Å²) in [6.45, 7) is 9.27. The molecule has 2 heteroatoms. The van der Waals surface area contributed by atoms with Crippen molar-refractivity contribution in [3.8, 4) is 67.1 Å². The highest BCUT2D eigenvalue weighted by Crippen LogP contribution is 2.51. The number of hydrogen-bond donors (Lipinski definition) is 0. The number of rotatable bonds is 7. The number of para-hydroxylation sites is 1. The standard InChI is InChI=1S/C60H47NO/c1-59(2)53-18-9-8-17-51(53)52-35-27-46(38-55(52)59)42-23-31-49(32-24-42)61(48-29-21-41(22-30-48)45-16-12-15-44(37-45)40-13-6-5-7-14-40)50-33-25-43(26-34-50)47-28-36-58-56(39-47)60(3,4)54-19-10-11-20-57(54)62-58/h5-39H,1-4H3. The van der Waals surface area contributed by atoms with E-state index in [0.717, 1.165) is 34.1 Å². The fraction of sp³-hybridized carbons (Fsp3) is 0.100. The van der Waals surface area contributed by atoms with Crippen LogP contribution in [0.4, 0.5) is 17.1 Å². The average Bonchev–Trinajstić information content (AvgIpc) is 3.55. The number of anilines is 3. The van der Waals surface area contributed by atoms with Crippen LogP contribution >= 0.6 is 0 Å². The van der Waals surface area contributed by atoms with Crippen LogP contribution in [0, 0.1) is 0 Å². The Balaban J connectivity index is 0.944. The molecule has 0 amide bonds. The van der Waals surface area contributed by atoms with Crippen LogP contribution in [0.1, 0.15) is 49.9 Å². The number of hydrogen-bond acceptors (Lipinski definition) is 2. The Kier molecular flexibility index (Phi) is 8.87. The molecule has 0 unspecified atom stereocenters. The molecule has 0 atom stereocenters. The molecule has 62 heavy (non-hydrogen) atoms. The van der Waals surface area contributed by atoms with Crippen molar-refractivity contribution in [2.24, 2.45) is 0 Å². The summed E-state index contributed by atoms with van der Waals surface area (Å²) in [6, 6.07) is 77.3. The molecule has 0 spiro atoms. The lowest BCUT2D eigenvalue weighted by Crippen LogP contribution is -2.24. The zero-order chi connectivity index (χ0) is 42.0. The fourth-order valence-electron chi connectivity index (χ4n) is 9.87. The lowest BCUT2D eigenvalue weighted by molar-refractivity contribution is 0.418. The summed E-state index contributed by atoms with van der Waals surface area (Å²) in [6.07, 6.45) is 0. The van der Waals surface area contributed by atoms with E-state index in [9.17, 15) is 0 Å². The molecule has 0 fully saturated rings. The second-order valence-corrected chi connectivity index (χ2v) is 17.8. The molecular weight excluding hydrogens is 751 g/mol. The van der Waals surface area contributed by atoms with Crippen molar-refractivity contribution < 1.29 is 4.74 Å². The fourth-order valence-corrected chi connectivity index (χ4v) is 9.87. The molecule has 9 aromatic rings. The van der Waals surface area contributed by atoms with Gasteiger partial charge in [-0.2, -0.15) is 0 Å². The molecule has 9 aromatic carbocycles. The highest BCUT2D eigenvalue weighted by Gasteiger charge is 2.36. The summed E-state index contributed by atoms with van der Waals surface area (Å²) in [5.74, 6) is 1.86. The smallest absolute Gasteiger partial charge is 0.131 e. The minimum absolute atomic E-state index is 0.0472. The van der Waals surface area contributed by atoms with Crippen LogP contribution in [-0.2, 0) is 10.8 Å². The van der Waals surface area contributed by atoms with Crippen LogP contribution in [0.3, 0.4) is 0 Å². The van der Waals surface area contributed by atoms with Crippen LogP contribution in [0.25, 0.3) is 55.6 Å². The van der Waals surface area contributed by atoms with Crippen LogP contribution in [0.5, 0.6) is 11.5 Å². The molecule has 1 aliphatic carbocycles. The van der Waals surface area contributed by atoms with E-state index >= 15 is 0 Å². The van der Waals surface area contributed by atoms with Crippen LogP contribution in [0.2, 0.25) is 0 Å². The maximum atomic E-state index is 6.39. The van der Waals surface area contributed by atoms with Gasteiger partial charge in [-0.05, 0) is 133 Å². The molecular formula is C60H47NO. The second kappa shape index (κ2) is 14.6. The minimum Gasteiger partial charge on any atom is -0.457 e. The minimum atomic E-state index is -0.181. The van der Waals surface area contributed by atoms with E-state index in [1.165, 1.54) is 72.3 Å². The van der Waals surface area contributed by atoms with Crippen molar-refractivity contribution in [1.82, 2.24) is 0 Å². The van der Waals surface area contributed by atoms with E-state index in [1.54, 1.807) is 0 Å². The maximum absolute atomic E-state index is 6.39. The van der Waals surface area contributed by atoms with Crippen LogP contribution in [0.15, 0.2) is 212 Å². The number of nitrogens with zero attached hydrogens (tertiary/aromatic N) is 1. The third kappa shape index (κ3) is 6.34. The Morgan fingerprint density at radius 3 is 1.31 bits per heavy atom. The predicted molar refractivity (Wildman–Crippen MR) is 259 cm³/mol.